The number of carbonyl (C=O) groups is 1. The molecular weight excluding hydrogens is 292 g/mol. The van der Waals surface area contributed by atoms with E-state index in [4.69, 9.17) is 21.4 Å². The summed E-state index contributed by atoms with van der Waals surface area (Å²) < 4.78 is 5.69. The number of fused-ring (bicyclic) bond motifs is 1. The number of nitrogens with one attached hydrogen (secondary N) is 1. The number of rotatable bonds is 3. The highest BCUT2D eigenvalue weighted by Gasteiger charge is 2.13. The van der Waals surface area contributed by atoms with Crippen LogP contribution in [0.25, 0.3) is 11.0 Å². The minimum atomic E-state index is -1.02. The van der Waals surface area contributed by atoms with Crippen LogP contribution < -0.4 is 4.74 Å². The maximum atomic E-state index is 11.2. The first-order valence-corrected chi connectivity index (χ1v) is 6.57. The molecule has 0 radical (unpaired) electrons. The van der Waals surface area contributed by atoms with Gasteiger partial charge in [0.25, 0.3) is 0 Å². The average molecular weight is 303 g/mol. The van der Waals surface area contributed by atoms with Crippen LogP contribution in [0, 0.1) is 6.92 Å². The van der Waals surface area contributed by atoms with Crippen molar-refractivity contribution in [3.63, 3.8) is 0 Å². The molecule has 0 atom stereocenters. The number of hydrogen-bond acceptors (Lipinski definition) is 3. The summed E-state index contributed by atoms with van der Waals surface area (Å²) >= 11 is 5.96. The van der Waals surface area contributed by atoms with Crippen molar-refractivity contribution in [2.24, 2.45) is 0 Å². The Morgan fingerprint density at radius 2 is 2.14 bits per heavy atom. The van der Waals surface area contributed by atoms with Gasteiger partial charge in [0.2, 0.25) is 0 Å². The molecule has 0 fully saturated rings. The zero-order valence-electron chi connectivity index (χ0n) is 11.1. The van der Waals surface area contributed by atoms with E-state index in [9.17, 15) is 4.79 Å². The molecule has 0 saturated carbocycles. The summed E-state index contributed by atoms with van der Waals surface area (Å²) in [5.74, 6) is 0.0198. The molecule has 0 aliphatic rings. The number of carboxylic acid groups (broad SMARTS) is 1. The molecule has 106 valence electrons. The van der Waals surface area contributed by atoms with E-state index in [1.807, 2.05) is 6.92 Å². The summed E-state index contributed by atoms with van der Waals surface area (Å²) in [4.78, 5) is 18.2. The Balaban J connectivity index is 1.99. The number of aromatic carboxylic acids is 1. The van der Waals surface area contributed by atoms with Crippen molar-refractivity contribution in [2.75, 3.05) is 0 Å². The molecule has 21 heavy (non-hydrogen) atoms. The number of aryl methyl sites for hydroxylation is 1. The SMILES string of the molecule is Cc1cc(Oc2cc3nccc(C(=O)O)c3[nH]2)ccc1Cl. The van der Waals surface area contributed by atoms with E-state index < -0.39 is 5.97 Å². The fraction of sp³-hybridized carbons (Fsp3) is 0.0667. The van der Waals surface area contributed by atoms with Gasteiger partial charge in [0.15, 0.2) is 5.88 Å². The second-order valence-electron chi connectivity index (χ2n) is 4.57. The van der Waals surface area contributed by atoms with E-state index >= 15 is 0 Å². The van der Waals surface area contributed by atoms with Gasteiger partial charge < -0.3 is 14.8 Å². The van der Waals surface area contributed by atoms with Gasteiger partial charge in [0.1, 0.15) is 5.75 Å². The fourth-order valence-electron chi connectivity index (χ4n) is 2.04. The van der Waals surface area contributed by atoms with Gasteiger partial charge in [-0.1, -0.05) is 11.6 Å². The van der Waals surface area contributed by atoms with Crippen molar-refractivity contribution in [2.45, 2.75) is 6.92 Å². The molecule has 0 unspecified atom stereocenters. The van der Waals surface area contributed by atoms with Gasteiger partial charge in [-0.2, -0.15) is 0 Å². The number of ether oxygens (including phenoxy) is 1. The number of aromatic nitrogens is 2. The van der Waals surface area contributed by atoms with Gasteiger partial charge in [0, 0.05) is 17.3 Å². The molecule has 0 spiro atoms. The van der Waals surface area contributed by atoms with Crippen molar-refractivity contribution in [3.8, 4) is 11.6 Å². The Kier molecular flexibility index (Phi) is 3.27. The molecule has 1 aromatic carbocycles. The standard InChI is InChI=1S/C15H11ClN2O3/c1-8-6-9(2-3-11(8)16)21-13-7-12-14(18-13)10(15(19)20)4-5-17-12/h2-7,18H,1H3,(H,19,20). The lowest BCUT2D eigenvalue weighted by atomic mass is 10.2. The Morgan fingerprint density at radius 1 is 1.33 bits per heavy atom. The summed E-state index contributed by atoms with van der Waals surface area (Å²) in [6.45, 7) is 1.88. The molecule has 3 rings (SSSR count). The Labute approximate surface area is 125 Å². The fourth-order valence-corrected chi connectivity index (χ4v) is 2.16. The van der Waals surface area contributed by atoms with Crippen LogP contribution in [0.4, 0.5) is 0 Å². The maximum Gasteiger partial charge on any atom is 0.337 e. The largest absolute Gasteiger partial charge is 0.478 e. The van der Waals surface area contributed by atoms with Crippen molar-refractivity contribution < 1.29 is 14.6 Å². The summed E-state index contributed by atoms with van der Waals surface area (Å²) in [5, 5.41) is 9.81. The number of pyridine rings is 1. The molecule has 2 aromatic heterocycles. The summed E-state index contributed by atoms with van der Waals surface area (Å²) in [5.41, 5.74) is 2.03. The summed E-state index contributed by atoms with van der Waals surface area (Å²) in [7, 11) is 0. The number of halogens is 1. The molecule has 0 aliphatic heterocycles. The minimum Gasteiger partial charge on any atom is -0.478 e. The summed E-state index contributed by atoms with van der Waals surface area (Å²) in [6, 6.07) is 8.39. The molecule has 5 nitrogen and oxygen atoms in total. The smallest absolute Gasteiger partial charge is 0.337 e. The second-order valence-corrected chi connectivity index (χ2v) is 4.98. The number of aromatic amines is 1. The number of hydrogen-bond donors (Lipinski definition) is 2. The van der Waals surface area contributed by atoms with Crippen molar-refractivity contribution in [3.05, 3.63) is 52.7 Å². The van der Waals surface area contributed by atoms with E-state index in [0.717, 1.165) is 5.56 Å². The van der Waals surface area contributed by atoms with E-state index in [0.29, 0.717) is 27.7 Å². The first-order chi connectivity index (χ1) is 10.0. The van der Waals surface area contributed by atoms with Crippen LogP contribution >= 0.6 is 11.6 Å². The van der Waals surface area contributed by atoms with Crippen LogP contribution in [-0.4, -0.2) is 21.0 Å². The van der Waals surface area contributed by atoms with Crippen molar-refractivity contribution in [1.82, 2.24) is 9.97 Å². The summed E-state index contributed by atoms with van der Waals surface area (Å²) in [6.07, 6.45) is 1.45. The van der Waals surface area contributed by atoms with Crippen molar-refractivity contribution >= 4 is 28.6 Å². The van der Waals surface area contributed by atoms with Crippen molar-refractivity contribution in [1.29, 1.82) is 0 Å². The Bertz CT molecular complexity index is 842. The zero-order chi connectivity index (χ0) is 15.0. The molecule has 0 bridgehead atoms. The molecule has 0 saturated heterocycles. The van der Waals surface area contributed by atoms with Crippen LogP contribution in [0.2, 0.25) is 5.02 Å². The molecule has 2 heterocycles. The molecule has 0 amide bonds. The average Bonchev–Trinajstić information content (AvgIpc) is 2.84. The lowest BCUT2D eigenvalue weighted by Crippen LogP contribution is -1.97. The third-order valence-corrected chi connectivity index (χ3v) is 3.51. The first kappa shape index (κ1) is 13.5. The molecule has 6 heteroatoms. The van der Waals surface area contributed by atoms with E-state index in [-0.39, 0.29) is 5.56 Å². The monoisotopic (exact) mass is 302 g/mol. The first-order valence-electron chi connectivity index (χ1n) is 6.19. The molecule has 2 N–H and O–H groups in total. The number of carboxylic acids is 1. The van der Waals surface area contributed by atoms with Gasteiger partial charge in [-0.05, 0) is 36.8 Å². The predicted octanol–water partition coefficient (Wildman–Crippen LogP) is 4.02. The normalized spacial score (nSPS) is 10.8. The molecule has 3 aromatic rings. The Morgan fingerprint density at radius 3 is 2.86 bits per heavy atom. The third-order valence-electron chi connectivity index (χ3n) is 3.08. The highest BCUT2D eigenvalue weighted by Crippen LogP contribution is 2.28. The van der Waals surface area contributed by atoms with Gasteiger partial charge in [0.05, 0.1) is 16.6 Å². The van der Waals surface area contributed by atoms with Gasteiger partial charge in [-0.3, -0.25) is 4.98 Å². The van der Waals surface area contributed by atoms with Crippen LogP contribution in [0.15, 0.2) is 36.5 Å². The van der Waals surface area contributed by atoms with Crippen LogP contribution in [0.1, 0.15) is 15.9 Å². The predicted molar refractivity (Wildman–Crippen MR) is 79.3 cm³/mol. The van der Waals surface area contributed by atoms with Gasteiger partial charge in [-0.25, -0.2) is 4.79 Å². The number of H-pyrrole nitrogens is 1. The van der Waals surface area contributed by atoms with Crippen LogP contribution in [0.5, 0.6) is 11.6 Å². The van der Waals surface area contributed by atoms with E-state index in [2.05, 4.69) is 9.97 Å². The van der Waals surface area contributed by atoms with Gasteiger partial charge >= 0.3 is 5.97 Å². The number of benzene rings is 1. The molecular formula is C15H11ClN2O3. The third kappa shape index (κ3) is 2.55. The van der Waals surface area contributed by atoms with Gasteiger partial charge in [-0.15, -0.1) is 0 Å². The maximum absolute atomic E-state index is 11.2. The highest BCUT2D eigenvalue weighted by molar-refractivity contribution is 6.31. The van der Waals surface area contributed by atoms with Crippen LogP contribution in [-0.2, 0) is 0 Å². The lowest BCUT2D eigenvalue weighted by Gasteiger charge is -2.04. The second kappa shape index (κ2) is 5.10. The number of nitrogens with zero attached hydrogens (tertiary/aromatic N) is 1. The Hall–Kier alpha value is -2.53. The lowest BCUT2D eigenvalue weighted by molar-refractivity contribution is 0.0699. The molecule has 0 aliphatic carbocycles. The van der Waals surface area contributed by atoms with Crippen LogP contribution in [0.3, 0.4) is 0 Å². The topological polar surface area (TPSA) is 75.2 Å². The van der Waals surface area contributed by atoms with E-state index in [1.165, 1.54) is 12.3 Å². The minimum absolute atomic E-state index is 0.155. The highest BCUT2D eigenvalue weighted by atomic mass is 35.5. The van der Waals surface area contributed by atoms with E-state index in [1.54, 1.807) is 24.3 Å². The quantitative estimate of drug-likeness (QED) is 0.766. The zero-order valence-corrected chi connectivity index (χ0v) is 11.8.